The second-order valence-electron chi connectivity index (χ2n) is 7.21. The Morgan fingerprint density at radius 3 is 2.40 bits per heavy atom. The Labute approximate surface area is 181 Å². The van der Waals surface area contributed by atoms with Crippen molar-refractivity contribution < 1.29 is 14.3 Å². The molecule has 0 bridgehead atoms. The van der Waals surface area contributed by atoms with Crippen molar-refractivity contribution in [2.75, 3.05) is 12.4 Å². The van der Waals surface area contributed by atoms with E-state index in [1.807, 2.05) is 37.3 Å². The fourth-order valence-electron chi connectivity index (χ4n) is 3.31. The van der Waals surface area contributed by atoms with E-state index in [0.29, 0.717) is 23.8 Å². The summed E-state index contributed by atoms with van der Waals surface area (Å²) < 4.78 is 7.14. The number of ketones is 1. The van der Waals surface area contributed by atoms with Crippen molar-refractivity contribution in [3.8, 4) is 0 Å². The summed E-state index contributed by atoms with van der Waals surface area (Å²) in [5, 5.41) is 0.776. The summed E-state index contributed by atoms with van der Waals surface area (Å²) in [7, 11) is 0. The van der Waals surface area contributed by atoms with Crippen molar-refractivity contribution in [1.82, 2.24) is 9.55 Å². The minimum absolute atomic E-state index is 0.0811. The maximum atomic E-state index is 12.7. The number of carbonyl (C=O) groups is 2. The largest absolute Gasteiger partial charge is 0.462 e. The number of imidazole rings is 1. The maximum Gasteiger partial charge on any atom is 0.338 e. The zero-order chi connectivity index (χ0) is 21.7. The number of thioether (sulfide) groups is 1. The number of benzene rings is 2. The molecule has 0 saturated carbocycles. The van der Waals surface area contributed by atoms with Crippen LogP contribution in [0, 0.1) is 0 Å². The second-order valence-corrected chi connectivity index (χ2v) is 8.15. The Kier molecular flexibility index (Phi) is 7.32. The number of ether oxygens (including phenoxy) is 1. The first-order chi connectivity index (χ1) is 14.5. The highest BCUT2D eigenvalue weighted by Gasteiger charge is 2.16. The van der Waals surface area contributed by atoms with E-state index in [0.717, 1.165) is 34.7 Å². The van der Waals surface area contributed by atoms with Gasteiger partial charge in [0.2, 0.25) is 0 Å². The number of hydrogen-bond acceptors (Lipinski definition) is 5. The lowest BCUT2D eigenvalue weighted by molar-refractivity contribution is 0.0526. The average Bonchev–Trinajstić information content (AvgIpc) is 3.13. The number of fused-ring (bicyclic) bond motifs is 1. The van der Waals surface area contributed by atoms with Crippen LogP contribution in [-0.2, 0) is 11.3 Å². The molecule has 6 heteroatoms. The molecule has 0 aliphatic heterocycles. The number of nitrogens with zero attached hydrogens (tertiary/aromatic N) is 2. The molecule has 0 amide bonds. The Bertz CT molecular complexity index is 1040. The van der Waals surface area contributed by atoms with Crippen molar-refractivity contribution in [2.45, 2.75) is 51.7 Å². The molecule has 1 atom stereocenters. The fraction of sp³-hybridized carbons (Fsp3) is 0.375. The third kappa shape index (κ3) is 4.75. The third-order valence-electron chi connectivity index (χ3n) is 5.29. The van der Waals surface area contributed by atoms with Crippen LogP contribution in [0.15, 0.2) is 47.6 Å². The molecule has 0 radical (unpaired) electrons. The molecule has 0 spiro atoms. The first-order valence-corrected chi connectivity index (χ1v) is 11.4. The van der Waals surface area contributed by atoms with Crippen molar-refractivity contribution in [3.63, 3.8) is 0 Å². The van der Waals surface area contributed by atoms with Crippen LogP contribution in [-0.4, -0.2) is 33.7 Å². The molecule has 0 unspecified atom stereocenters. The lowest BCUT2D eigenvalue weighted by Gasteiger charge is -2.09. The molecule has 0 aliphatic rings. The van der Waals surface area contributed by atoms with Gasteiger partial charge in [-0.2, -0.15) is 0 Å². The first kappa shape index (κ1) is 22.1. The van der Waals surface area contributed by atoms with Crippen LogP contribution in [0.25, 0.3) is 11.0 Å². The molecule has 1 heterocycles. The topological polar surface area (TPSA) is 61.2 Å². The summed E-state index contributed by atoms with van der Waals surface area (Å²) >= 11 is 1.43. The highest BCUT2D eigenvalue weighted by Crippen LogP contribution is 2.26. The third-order valence-corrected chi connectivity index (χ3v) is 6.26. The van der Waals surface area contributed by atoms with Crippen LogP contribution >= 0.6 is 11.8 Å². The van der Waals surface area contributed by atoms with E-state index in [2.05, 4.69) is 23.4 Å². The molecule has 3 aromatic rings. The zero-order valence-electron chi connectivity index (χ0n) is 18.0. The summed E-state index contributed by atoms with van der Waals surface area (Å²) in [5.41, 5.74) is 4.14. The van der Waals surface area contributed by atoms with Crippen LogP contribution in [0.1, 0.15) is 66.3 Å². The van der Waals surface area contributed by atoms with Gasteiger partial charge in [-0.1, -0.05) is 49.9 Å². The average molecular weight is 425 g/mol. The SMILES string of the molecule is CCOC(=O)c1ccc2c(c1)nc(SCC(=O)c1ccc([C@H](C)CC)cc1)n2CC. The van der Waals surface area contributed by atoms with Gasteiger partial charge in [0.05, 0.1) is 29.0 Å². The minimum Gasteiger partial charge on any atom is -0.462 e. The Balaban J connectivity index is 1.76. The van der Waals surface area contributed by atoms with Crippen molar-refractivity contribution in [2.24, 2.45) is 0 Å². The van der Waals surface area contributed by atoms with Crippen LogP contribution < -0.4 is 0 Å². The van der Waals surface area contributed by atoms with Gasteiger partial charge in [0.1, 0.15) is 0 Å². The summed E-state index contributed by atoms with van der Waals surface area (Å²) in [6, 6.07) is 13.3. The van der Waals surface area contributed by atoms with E-state index in [9.17, 15) is 9.59 Å². The van der Waals surface area contributed by atoms with Crippen molar-refractivity contribution >= 4 is 34.5 Å². The van der Waals surface area contributed by atoms with Crippen LogP contribution in [0.3, 0.4) is 0 Å². The summed E-state index contributed by atoms with van der Waals surface area (Å²) in [4.78, 5) is 29.3. The normalized spacial score (nSPS) is 12.1. The number of Topliss-reactive ketones (excluding diaryl/α,β-unsaturated/α-hetero) is 1. The molecule has 0 saturated heterocycles. The quantitative estimate of drug-likeness (QED) is 0.250. The molecule has 0 aliphatic carbocycles. The molecule has 5 nitrogen and oxygen atoms in total. The molecule has 2 aromatic carbocycles. The monoisotopic (exact) mass is 424 g/mol. The molecule has 0 N–H and O–H groups in total. The number of aromatic nitrogens is 2. The number of hydrogen-bond donors (Lipinski definition) is 0. The number of aryl methyl sites for hydroxylation is 1. The maximum absolute atomic E-state index is 12.7. The van der Waals surface area contributed by atoms with Crippen LogP contribution in [0.4, 0.5) is 0 Å². The Hall–Kier alpha value is -2.60. The van der Waals surface area contributed by atoms with E-state index < -0.39 is 0 Å². The van der Waals surface area contributed by atoms with Gasteiger partial charge in [0.15, 0.2) is 10.9 Å². The first-order valence-electron chi connectivity index (χ1n) is 10.4. The van der Waals surface area contributed by atoms with Gasteiger partial charge in [-0.05, 0) is 49.9 Å². The molecule has 158 valence electrons. The van der Waals surface area contributed by atoms with Gasteiger partial charge in [0.25, 0.3) is 0 Å². The van der Waals surface area contributed by atoms with E-state index in [1.54, 1.807) is 19.1 Å². The molecule has 30 heavy (non-hydrogen) atoms. The Morgan fingerprint density at radius 2 is 1.77 bits per heavy atom. The van der Waals surface area contributed by atoms with Crippen LogP contribution in [0.2, 0.25) is 0 Å². The zero-order valence-corrected chi connectivity index (χ0v) is 18.8. The van der Waals surface area contributed by atoms with Gasteiger partial charge in [-0.15, -0.1) is 0 Å². The number of carbonyl (C=O) groups excluding carboxylic acids is 2. The highest BCUT2D eigenvalue weighted by atomic mass is 32.2. The Morgan fingerprint density at radius 1 is 1.07 bits per heavy atom. The van der Waals surface area contributed by atoms with Crippen molar-refractivity contribution in [3.05, 3.63) is 59.2 Å². The predicted molar refractivity (Wildman–Crippen MR) is 122 cm³/mol. The van der Waals surface area contributed by atoms with E-state index >= 15 is 0 Å². The highest BCUT2D eigenvalue weighted by molar-refractivity contribution is 7.99. The second kappa shape index (κ2) is 9.94. The molecule has 3 rings (SSSR count). The number of esters is 1. The molecular formula is C24H28N2O3S. The van der Waals surface area contributed by atoms with Gasteiger partial charge in [-0.25, -0.2) is 9.78 Å². The summed E-state index contributed by atoms with van der Waals surface area (Å²) in [6.45, 7) is 9.24. The smallest absolute Gasteiger partial charge is 0.338 e. The van der Waals surface area contributed by atoms with Crippen molar-refractivity contribution in [1.29, 1.82) is 0 Å². The molecular weight excluding hydrogens is 396 g/mol. The van der Waals surface area contributed by atoms with Gasteiger partial charge < -0.3 is 9.30 Å². The molecule has 1 aromatic heterocycles. The molecule has 0 fully saturated rings. The van der Waals surface area contributed by atoms with Gasteiger partial charge in [0, 0.05) is 12.1 Å². The van der Waals surface area contributed by atoms with E-state index in [4.69, 9.17) is 4.74 Å². The number of rotatable bonds is 9. The lowest BCUT2D eigenvalue weighted by Crippen LogP contribution is -2.05. The fourth-order valence-corrected chi connectivity index (χ4v) is 4.28. The minimum atomic E-state index is -0.351. The standard InChI is InChI=1S/C24H28N2O3S/c1-5-16(4)17-8-10-18(11-9-17)22(27)15-30-24-25-20-14-19(23(28)29-7-3)12-13-21(20)26(24)6-2/h8-14,16H,5-7,15H2,1-4H3/t16-/m1/s1. The summed E-state index contributed by atoms with van der Waals surface area (Å²) in [5.74, 6) is 0.539. The predicted octanol–water partition coefficient (Wildman–Crippen LogP) is 5.72. The van der Waals surface area contributed by atoms with E-state index in [1.165, 1.54) is 17.3 Å². The van der Waals surface area contributed by atoms with Gasteiger partial charge >= 0.3 is 5.97 Å². The van der Waals surface area contributed by atoms with Gasteiger partial charge in [-0.3, -0.25) is 4.79 Å². The van der Waals surface area contributed by atoms with Crippen LogP contribution in [0.5, 0.6) is 0 Å². The summed E-state index contributed by atoms with van der Waals surface area (Å²) in [6.07, 6.45) is 1.08. The lowest BCUT2D eigenvalue weighted by atomic mass is 9.97. The van der Waals surface area contributed by atoms with E-state index in [-0.39, 0.29) is 11.8 Å².